The zero-order valence-corrected chi connectivity index (χ0v) is 24.6. The number of unbranched alkanes of at least 4 members (excludes halogenated alkanes) is 14. The van der Waals surface area contributed by atoms with Crippen molar-refractivity contribution < 1.29 is 22.8 Å². The predicted octanol–water partition coefficient (Wildman–Crippen LogP) is 8.79. The standard InChI is InChI=1S/C29H58O5Si/c1-5-9-12-15-18-21-26-33-35(28-23-24-31-29(30)8-4,32-25-20-17-14-11-7-3)34-27-22-19-16-13-10-6-2/h8H,4-7,9-28H2,1-3H3. The molecule has 0 N–H and O–H groups in total. The van der Waals surface area contributed by atoms with E-state index in [4.69, 9.17) is 18.0 Å². The minimum absolute atomic E-state index is 0.347. The number of hydrogen-bond acceptors (Lipinski definition) is 5. The quantitative estimate of drug-likeness (QED) is 0.0452. The molecule has 0 bridgehead atoms. The fraction of sp³-hybridized carbons (Fsp3) is 0.897. The van der Waals surface area contributed by atoms with E-state index >= 15 is 0 Å². The molecule has 0 unspecified atom stereocenters. The van der Waals surface area contributed by atoms with Crippen LogP contribution in [-0.4, -0.2) is 41.2 Å². The molecule has 0 fully saturated rings. The van der Waals surface area contributed by atoms with Crippen LogP contribution >= 0.6 is 0 Å². The van der Waals surface area contributed by atoms with Crippen LogP contribution in [0, 0.1) is 0 Å². The fourth-order valence-corrected chi connectivity index (χ4v) is 6.64. The first-order valence-electron chi connectivity index (χ1n) is 14.8. The van der Waals surface area contributed by atoms with Crippen LogP contribution in [0.25, 0.3) is 0 Å². The van der Waals surface area contributed by atoms with E-state index in [0.717, 1.165) is 19.3 Å². The van der Waals surface area contributed by atoms with Gasteiger partial charge >= 0.3 is 14.8 Å². The zero-order valence-electron chi connectivity index (χ0n) is 23.6. The van der Waals surface area contributed by atoms with Crippen LogP contribution in [0.1, 0.15) is 136 Å². The van der Waals surface area contributed by atoms with Crippen LogP contribution in [0.2, 0.25) is 6.04 Å². The smallest absolute Gasteiger partial charge is 0.463 e. The summed E-state index contributed by atoms with van der Waals surface area (Å²) >= 11 is 0. The van der Waals surface area contributed by atoms with E-state index in [-0.39, 0.29) is 5.97 Å². The molecule has 0 rings (SSSR count). The highest BCUT2D eigenvalue weighted by Gasteiger charge is 2.40. The van der Waals surface area contributed by atoms with Crippen molar-refractivity contribution in [3.63, 3.8) is 0 Å². The first-order chi connectivity index (χ1) is 17.1. The third-order valence-corrected chi connectivity index (χ3v) is 9.15. The maximum absolute atomic E-state index is 11.4. The molecular weight excluding hydrogens is 456 g/mol. The Balaban J connectivity index is 4.84. The van der Waals surface area contributed by atoms with Gasteiger partial charge in [0.25, 0.3) is 0 Å². The Morgan fingerprint density at radius 3 is 1.31 bits per heavy atom. The normalized spacial score (nSPS) is 11.6. The summed E-state index contributed by atoms with van der Waals surface area (Å²) in [4.78, 5) is 11.4. The van der Waals surface area contributed by atoms with Crippen molar-refractivity contribution in [2.45, 2.75) is 142 Å². The molecule has 0 aliphatic carbocycles. The van der Waals surface area contributed by atoms with Crippen molar-refractivity contribution in [3.8, 4) is 0 Å². The Hall–Kier alpha value is -0.693. The molecule has 0 aromatic carbocycles. The molecule has 0 saturated heterocycles. The summed E-state index contributed by atoms with van der Waals surface area (Å²) in [5.74, 6) is -0.380. The summed E-state index contributed by atoms with van der Waals surface area (Å²) < 4.78 is 24.6. The third kappa shape index (κ3) is 22.2. The Bertz CT molecular complexity index is 454. The van der Waals surface area contributed by atoms with Gasteiger partial charge in [-0.2, -0.15) is 0 Å². The molecule has 0 radical (unpaired) electrons. The Morgan fingerprint density at radius 2 is 0.943 bits per heavy atom. The van der Waals surface area contributed by atoms with E-state index in [2.05, 4.69) is 27.4 Å². The maximum atomic E-state index is 11.4. The lowest BCUT2D eigenvalue weighted by molar-refractivity contribution is -0.137. The molecule has 35 heavy (non-hydrogen) atoms. The molecule has 6 heteroatoms. The number of carbonyl (C=O) groups is 1. The Morgan fingerprint density at radius 1 is 0.571 bits per heavy atom. The summed E-state index contributed by atoms with van der Waals surface area (Å²) in [6.07, 6.45) is 22.7. The van der Waals surface area contributed by atoms with Crippen LogP contribution in [0.15, 0.2) is 12.7 Å². The highest BCUT2D eigenvalue weighted by molar-refractivity contribution is 6.60. The second kappa shape index (κ2) is 26.4. The van der Waals surface area contributed by atoms with E-state index in [9.17, 15) is 4.79 Å². The van der Waals surface area contributed by atoms with Crippen molar-refractivity contribution in [2.75, 3.05) is 26.4 Å². The van der Waals surface area contributed by atoms with Gasteiger partial charge in [0, 0.05) is 31.9 Å². The minimum Gasteiger partial charge on any atom is -0.463 e. The molecule has 0 saturated carbocycles. The van der Waals surface area contributed by atoms with Crippen molar-refractivity contribution in [1.29, 1.82) is 0 Å². The van der Waals surface area contributed by atoms with Crippen molar-refractivity contribution in [1.82, 2.24) is 0 Å². The monoisotopic (exact) mass is 514 g/mol. The molecule has 0 aliphatic rings. The molecule has 0 amide bonds. The van der Waals surface area contributed by atoms with E-state index in [0.29, 0.717) is 38.9 Å². The minimum atomic E-state index is -2.81. The first-order valence-corrected chi connectivity index (χ1v) is 16.8. The van der Waals surface area contributed by atoms with Crippen LogP contribution in [0.5, 0.6) is 0 Å². The lowest BCUT2D eigenvalue weighted by Crippen LogP contribution is -2.47. The Kier molecular flexibility index (Phi) is 25.8. The summed E-state index contributed by atoms with van der Waals surface area (Å²) in [6.45, 7) is 12.6. The molecule has 0 atom stereocenters. The highest BCUT2D eigenvalue weighted by Crippen LogP contribution is 2.21. The average Bonchev–Trinajstić information content (AvgIpc) is 2.87. The molecule has 0 aliphatic heterocycles. The summed E-state index contributed by atoms with van der Waals surface area (Å²) in [6, 6.07) is 0.693. The average molecular weight is 515 g/mol. The third-order valence-electron chi connectivity index (χ3n) is 6.25. The van der Waals surface area contributed by atoms with Gasteiger partial charge in [-0.3, -0.25) is 0 Å². The number of carbonyl (C=O) groups excluding carboxylic acids is 1. The Labute approximate surface area is 219 Å². The second-order valence-electron chi connectivity index (χ2n) is 9.65. The topological polar surface area (TPSA) is 54.0 Å². The van der Waals surface area contributed by atoms with Crippen LogP contribution < -0.4 is 0 Å². The molecule has 0 aromatic heterocycles. The van der Waals surface area contributed by atoms with Crippen LogP contribution in [0.3, 0.4) is 0 Å². The molecule has 0 aromatic rings. The number of rotatable bonds is 28. The summed E-state index contributed by atoms with van der Waals surface area (Å²) in [7, 11) is -2.81. The molecule has 0 heterocycles. The highest BCUT2D eigenvalue weighted by atomic mass is 28.4. The van der Waals surface area contributed by atoms with E-state index in [1.807, 2.05) is 0 Å². The zero-order chi connectivity index (χ0) is 25.9. The molecule has 5 nitrogen and oxygen atoms in total. The van der Waals surface area contributed by atoms with Crippen molar-refractivity contribution >= 4 is 14.8 Å². The van der Waals surface area contributed by atoms with Crippen molar-refractivity contribution in [2.24, 2.45) is 0 Å². The van der Waals surface area contributed by atoms with Gasteiger partial charge in [-0.25, -0.2) is 4.79 Å². The molecule has 0 spiro atoms. The molecule has 208 valence electrons. The van der Waals surface area contributed by atoms with E-state index < -0.39 is 8.80 Å². The van der Waals surface area contributed by atoms with Gasteiger partial charge in [0.1, 0.15) is 0 Å². The van der Waals surface area contributed by atoms with Gasteiger partial charge in [0.15, 0.2) is 0 Å². The first kappa shape index (κ1) is 34.3. The lowest BCUT2D eigenvalue weighted by Gasteiger charge is -2.30. The van der Waals surface area contributed by atoms with E-state index in [1.165, 1.54) is 96.0 Å². The lowest BCUT2D eigenvalue weighted by atomic mass is 10.1. The predicted molar refractivity (Wildman–Crippen MR) is 150 cm³/mol. The van der Waals surface area contributed by atoms with Gasteiger partial charge in [-0.1, -0.05) is 117 Å². The maximum Gasteiger partial charge on any atom is 0.501 e. The van der Waals surface area contributed by atoms with Gasteiger partial charge in [0.05, 0.1) is 6.61 Å². The summed E-state index contributed by atoms with van der Waals surface area (Å²) in [5, 5.41) is 0. The largest absolute Gasteiger partial charge is 0.501 e. The fourth-order valence-electron chi connectivity index (χ4n) is 4.02. The van der Waals surface area contributed by atoms with Gasteiger partial charge in [-0.15, -0.1) is 0 Å². The second-order valence-corrected chi connectivity index (χ2v) is 12.4. The van der Waals surface area contributed by atoms with Gasteiger partial charge < -0.3 is 18.0 Å². The number of esters is 1. The number of ether oxygens (including phenoxy) is 1. The van der Waals surface area contributed by atoms with Crippen molar-refractivity contribution in [3.05, 3.63) is 12.7 Å². The van der Waals surface area contributed by atoms with Gasteiger partial charge in [-0.05, 0) is 25.7 Å². The van der Waals surface area contributed by atoms with Crippen LogP contribution in [-0.2, 0) is 22.8 Å². The SMILES string of the molecule is C=CC(=O)OCCC[Si](OCCCCCCC)(OCCCCCCCC)OCCCCCCCC. The van der Waals surface area contributed by atoms with Crippen LogP contribution in [0.4, 0.5) is 0 Å². The van der Waals surface area contributed by atoms with E-state index in [1.54, 1.807) is 0 Å². The van der Waals surface area contributed by atoms with Gasteiger partial charge in [0.2, 0.25) is 0 Å². The molecular formula is C29H58O5Si. The summed E-state index contributed by atoms with van der Waals surface area (Å²) in [5.41, 5.74) is 0. The number of hydrogen-bond donors (Lipinski definition) is 0.